The van der Waals surface area contributed by atoms with E-state index in [9.17, 15) is 18.0 Å². The number of hydrogen-bond acceptors (Lipinski definition) is 4. The number of nitrogens with zero attached hydrogens (tertiary/aromatic N) is 2. The molecule has 1 N–H and O–H groups in total. The van der Waals surface area contributed by atoms with Crippen molar-refractivity contribution in [1.82, 2.24) is 10.2 Å². The van der Waals surface area contributed by atoms with Crippen molar-refractivity contribution in [2.24, 2.45) is 5.92 Å². The van der Waals surface area contributed by atoms with E-state index >= 15 is 0 Å². The summed E-state index contributed by atoms with van der Waals surface area (Å²) in [5.74, 6) is 0.199. The van der Waals surface area contributed by atoms with Crippen molar-refractivity contribution in [1.29, 1.82) is 0 Å². The summed E-state index contributed by atoms with van der Waals surface area (Å²) in [6, 6.07) is 15.6. The number of likely N-dealkylation sites (tertiary alicyclic amines) is 1. The first-order valence-electron chi connectivity index (χ1n) is 11.2. The topological polar surface area (TPSA) is 35.6 Å². The Morgan fingerprint density at radius 2 is 1.88 bits per heavy atom. The Bertz CT molecular complexity index is 1120. The highest BCUT2D eigenvalue weighted by atomic mass is 32.1. The molecule has 4 nitrogen and oxygen atoms in total. The molecule has 1 aromatic heterocycles. The normalized spacial score (nSPS) is 16.6. The van der Waals surface area contributed by atoms with Crippen molar-refractivity contribution in [2.75, 3.05) is 38.6 Å². The van der Waals surface area contributed by atoms with Crippen LogP contribution in [-0.2, 0) is 12.7 Å². The Labute approximate surface area is 202 Å². The van der Waals surface area contributed by atoms with Crippen LogP contribution in [-0.4, -0.2) is 44.5 Å². The van der Waals surface area contributed by atoms with Crippen LogP contribution in [0.3, 0.4) is 0 Å². The molecule has 0 spiro atoms. The molecule has 1 unspecified atom stereocenters. The third-order valence-electron chi connectivity index (χ3n) is 6.12. The number of amides is 1. The van der Waals surface area contributed by atoms with Crippen molar-refractivity contribution in [2.45, 2.75) is 19.1 Å². The Balaban J connectivity index is 1.27. The molecule has 0 aliphatic carbocycles. The lowest BCUT2D eigenvalue weighted by Gasteiger charge is -2.17. The summed E-state index contributed by atoms with van der Waals surface area (Å²) >= 11 is 1.43. The molecule has 1 saturated heterocycles. The highest BCUT2D eigenvalue weighted by Crippen LogP contribution is 2.30. The van der Waals surface area contributed by atoms with Gasteiger partial charge in [-0.3, -0.25) is 9.69 Å². The van der Waals surface area contributed by atoms with Gasteiger partial charge in [0.1, 0.15) is 0 Å². The minimum Gasteiger partial charge on any atom is -0.378 e. The maximum Gasteiger partial charge on any atom is 0.416 e. The lowest BCUT2D eigenvalue weighted by Crippen LogP contribution is -2.30. The van der Waals surface area contributed by atoms with E-state index in [0.29, 0.717) is 23.5 Å². The molecule has 1 aliphatic rings. The Hall–Kier alpha value is -2.84. The van der Waals surface area contributed by atoms with E-state index in [-0.39, 0.29) is 11.8 Å². The second kappa shape index (κ2) is 10.2. The van der Waals surface area contributed by atoms with Gasteiger partial charge in [0.05, 0.1) is 10.4 Å². The van der Waals surface area contributed by atoms with Gasteiger partial charge in [-0.1, -0.05) is 30.3 Å². The molecule has 2 heterocycles. The number of halogens is 3. The van der Waals surface area contributed by atoms with Crippen LogP contribution in [0.1, 0.15) is 27.2 Å². The Morgan fingerprint density at radius 3 is 2.59 bits per heavy atom. The second-order valence-electron chi connectivity index (χ2n) is 8.94. The van der Waals surface area contributed by atoms with E-state index in [2.05, 4.69) is 34.5 Å². The fraction of sp³-hybridized carbons (Fsp3) is 0.346. The molecule has 1 aliphatic heterocycles. The van der Waals surface area contributed by atoms with Crippen molar-refractivity contribution in [3.8, 4) is 11.1 Å². The number of benzene rings is 2. The van der Waals surface area contributed by atoms with Gasteiger partial charge in [0.2, 0.25) is 0 Å². The number of alkyl halides is 3. The van der Waals surface area contributed by atoms with Crippen LogP contribution in [0.2, 0.25) is 0 Å². The van der Waals surface area contributed by atoms with E-state index in [0.717, 1.165) is 42.4 Å². The lowest BCUT2D eigenvalue weighted by molar-refractivity contribution is -0.137. The lowest BCUT2D eigenvalue weighted by atomic mass is 10.1. The van der Waals surface area contributed by atoms with E-state index in [4.69, 9.17) is 0 Å². The number of carbonyl (C=O) groups excluding carboxylic acids is 1. The van der Waals surface area contributed by atoms with E-state index < -0.39 is 11.7 Å². The molecule has 180 valence electrons. The van der Waals surface area contributed by atoms with Crippen molar-refractivity contribution < 1.29 is 18.0 Å². The predicted octanol–water partition coefficient (Wildman–Crippen LogP) is 5.75. The zero-order valence-corrected chi connectivity index (χ0v) is 20.0. The largest absolute Gasteiger partial charge is 0.416 e. The van der Waals surface area contributed by atoms with Gasteiger partial charge < -0.3 is 10.2 Å². The average Bonchev–Trinajstić information content (AvgIpc) is 3.47. The summed E-state index contributed by atoms with van der Waals surface area (Å²) in [5.41, 5.74) is 3.26. The average molecular weight is 488 g/mol. The molecule has 3 aromatic rings. The summed E-state index contributed by atoms with van der Waals surface area (Å²) in [6.45, 7) is 2.60. The molecular formula is C26H28F3N3OS. The molecule has 2 aromatic carbocycles. The summed E-state index contributed by atoms with van der Waals surface area (Å²) in [6.07, 6.45) is -3.42. The van der Waals surface area contributed by atoms with Crippen LogP contribution in [0.5, 0.6) is 0 Å². The Morgan fingerprint density at radius 1 is 1.12 bits per heavy atom. The molecular weight excluding hydrogens is 459 g/mol. The monoisotopic (exact) mass is 487 g/mol. The minimum absolute atomic E-state index is 0.0857. The standard InChI is InChI=1S/C26H28F3N3OS/c1-31(2)23-8-6-20(7-9-23)21-13-24(34-17-21)25(33)30-14-19-10-11-32(16-19)15-18-4-3-5-22(12-18)26(27,28)29/h3-9,12-13,17,19H,10-11,14-16H2,1-2H3,(H,30,33). The van der Waals surface area contributed by atoms with Gasteiger partial charge in [0.25, 0.3) is 5.91 Å². The van der Waals surface area contributed by atoms with E-state index in [1.807, 2.05) is 30.4 Å². The number of rotatable bonds is 7. The summed E-state index contributed by atoms with van der Waals surface area (Å²) in [7, 11) is 3.99. The van der Waals surface area contributed by atoms with Crippen LogP contribution >= 0.6 is 11.3 Å². The number of nitrogens with one attached hydrogen (secondary N) is 1. The van der Waals surface area contributed by atoms with Crippen LogP contribution in [0.15, 0.2) is 60.0 Å². The zero-order chi connectivity index (χ0) is 24.3. The highest BCUT2D eigenvalue weighted by Gasteiger charge is 2.31. The molecule has 4 rings (SSSR count). The molecule has 1 fully saturated rings. The number of anilines is 1. The third kappa shape index (κ3) is 5.98. The first-order valence-corrected chi connectivity index (χ1v) is 12.1. The van der Waals surface area contributed by atoms with E-state index in [1.54, 1.807) is 6.07 Å². The zero-order valence-electron chi connectivity index (χ0n) is 19.2. The maximum absolute atomic E-state index is 12.9. The van der Waals surface area contributed by atoms with Crippen molar-refractivity contribution in [3.05, 3.63) is 76.0 Å². The van der Waals surface area contributed by atoms with Crippen LogP contribution < -0.4 is 10.2 Å². The first kappa shape index (κ1) is 24.3. The first-order chi connectivity index (χ1) is 16.2. The molecule has 0 radical (unpaired) electrons. The predicted molar refractivity (Wildman–Crippen MR) is 131 cm³/mol. The molecule has 1 atom stereocenters. The summed E-state index contributed by atoms with van der Waals surface area (Å²) in [5, 5.41) is 5.02. The van der Waals surface area contributed by atoms with Gasteiger partial charge in [0, 0.05) is 39.4 Å². The van der Waals surface area contributed by atoms with Gasteiger partial charge in [-0.25, -0.2) is 0 Å². The molecule has 34 heavy (non-hydrogen) atoms. The van der Waals surface area contributed by atoms with Crippen LogP contribution in [0, 0.1) is 5.92 Å². The van der Waals surface area contributed by atoms with Crippen LogP contribution in [0.25, 0.3) is 11.1 Å². The summed E-state index contributed by atoms with van der Waals surface area (Å²) in [4.78, 5) is 17.5. The second-order valence-corrected chi connectivity index (χ2v) is 9.85. The van der Waals surface area contributed by atoms with Crippen molar-refractivity contribution in [3.63, 3.8) is 0 Å². The molecule has 1 amide bonds. The van der Waals surface area contributed by atoms with Gasteiger partial charge in [-0.2, -0.15) is 13.2 Å². The fourth-order valence-corrected chi connectivity index (χ4v) is 5.04. The van der Waals surface area contributed by atoms with Crippen LogP contribution in [0.4, 0.5) is 18.9 Å². The number of thiophene rings is 1. The smallest absolute Gasteiger partial charge is 0.378 e. The molecule has 0 saturated carbocycles. The maximum atomic E-state index is 12.9. The molecule has 8 heteroatoms. The SMILES string of the molecule is CN(C)c1ccc(-c2csc(C(=O)NCC3CCN(Cc4cccc(C(F)(F)F)c4)C3)c2)cc1. The van der Waals surface area contributed by atoms with Gasteiger partial charge in [-0.15, -0.1) is 11.3 Å². The van der Waals surface area contributed by atoms with Gasteiger partial charge in [0.15, 0.2) is 0 Å². The van der Waals surface area contributed by atoms with Crippen molar-refractivity contribution >= 4 is 22.9 Å². The molecule has 0 bridgehead atoms. The minimum atomic E-state index is -4.33. The fourth-order valence-electron chi connectivity index (χ4n) is 4.21. The van der Waals surface area contributed by atoms with E-state index in [1.165, 1.54) is 23.5 Å². The Kier molecular flexibility index (Phi) is 7.28. The quantitative estimate of drug-likeness (QED) is 0.461. The third-order valence-corrected chi connectivity index (χ3v) is 7.05. The highest BCUT2D eigenvalue weighted by molar-refractivity contribution is 7.12. The van der Waals surface area contributed by atoms with Gasteiger partial charge >= 0.3 is 6.18 Å². The summed E-state index contributed by atoms with van der Waals surface area (Å²) < 4.78 is 38.8. The number of hydrogen-bond donors (Lipinski definition) is 1. The number of carbonyl (C=O) groups is 1. The van der Waals surface area contributed by atoms with Gasteiger partial charge in [-0.05, 0) is 65.2 Å².